The maximum Gasteiger partial charge on any atom is 0.332 e. The van der Waals surface area contributed by atoms with Crippen LogP contribution in [-0.2, 0) is 65.0 Å². The van der Waals surface area contributed by atoms with E-state index in [-0.39, 0.29) is 11.7 Å². The molecule has 2 aromatic carbocycles. The molecule has 2 atom stereocenters. The number of rotatable bonds is 8. The highest BCUT2D eigenvalue weighted by Crippen LogP contribution is 2.51. The third kappa shape index (κ3) is 6.13. The van der Waals surface area contributed by atoms with E-state index in [1.54, 1.807) is 0 Å². The fourth-order valence-corrected chi connectivity index (χ4v) is 9.29. The van der Waals surface area contributed by atoms with Crippen molar-refractivity contribution in [2.75, 3.05) is 22.6 Å². The third-order valence-corrected chi connectivity index (χ3v) is 11.4. The maximum atomic E-state index is 12.9. The summed E-state index contributed by atoms with van der Waals surface area (Å²) in [6, 6.07) is 3.17. The summed E-state index contributed by atoms with van der Waals surface area (Å²) in [7, 11) is -7.39. The number of fused-ring (bicyclic) bond motifs is 4. The SMILES string of the molecule is CCCCS(=O)(=O)NC(=O)Nc1c2c(cc3c1CCC3C1Cc3cc4c(c(NC(=O)NS(C)(=O)=O)c3C1)CCC4)CCC2. The van der Waals surface area contributed by atoms with E-state index in [0.29, 0.717) is 12.3 Å². The molecule has 0 spiro atoms. The van der Waals surface area contributed by atoms with E-state index >= 15 is 0 Å². The lowest BCUT2D eigenvalue weighted by Crippen LogP contribution is -2.36. The highest BCUT2D eigenvalue weighted by molar-refractivity contribution is 7.90. The molecule has 0 aromatic heterocycles. The molecule has 0 bridgehead atoms. The second kappa shape index (κ2) is 11.4. The van der Waals surface area contributed by atoms with E-state index in [0.717, 1.165) is 111 Å². The van der Waals surface area contributed by atoms with Crippen LogP contribution in [0.2, 0.25) is 0 Å². The normalized spacial score (nSPS) is 20.2. The zero-order valence-corrected chi connectivity index (χ0v) is 26.4. The van der Waals surface area contributed by atoms with Crippen molar-refractivity contribution in [2.24, 2.45) is 5.92 Å². The van der Waals surface area contributed by atoms with Gasteiger partial charge < -0.3 is 10.6 Å². The highest BCUT2D eigenvalue weighted by atomic mass is 32.2. The third-order valence-electron chi connectivity index (χ3n) is 9.53. The number of anilines is 2. The minimum Gasteiger partial charge on any atom is -0.307 e. The number of urea groups is 2. The molecule has 2 unspecified atom stereocenters. The number of hydrogen-bond acceptors (Lipinski definition) is 6. The van der Waals surface area contributed by atoms with E-state index in [2.05, 4.69) is 27.5 Å². The average molecular weight is 629 g/mol. The first kappa shape index (κ1) is 29.9. The molecule has 0 fully saturated rings. The smallest absolute Gasteiger partial charge is 0.307 e. The van der Waals surface area contributed by atoms with Gasteiger partial charge in [0.05, 0.1) is 12.0 Å². The summed E-state index contributed by atoms with van der Waals surface area (Å²) in [5.74, 6) is 0.480. The summed E-state index contributed by atoms with van der Waals surface area (Å²) in [4.78, 5) is 25.5. The van der Waals surface area contributed by atoms with Gasteiger partial charge in [0.25, 0.3) is 0 Å². The van der Waals surface area contributed by atoms with Crippen LogP contribution in [0.25, 0.3) is 0 Å². The lowest BCUT2D eigenvalue weighted by molar-refractivity contribution is 0.255. The lowest BCUT2D eigenvalue weighted by Gasteiger charge is -2.22. The molecule has 2 aromatic rings. The summed E-state index contributed by atoms with van der Waals surface area (Å²) in [6.45, 7) is 1.91. The Balaban J connectivity index is 1.27. The molecule has 4 aliphatic rings. The van der Waals surface area contributed by atoms with Gasteiger partial charge in [0.2, 0.25) is 20.0 Å². The Morgan fingerprint density at radius 3 is 2.05 bits per heavy atom. The molecule has 4 N–H and O–H groups in total. The summed E-state index contributed by atoms with van der Waals surface area (Å²) in [5, 5.41) is 5.84. The van der Waals surface area contributed by atoms with Crippen LogP contribution >= 0.6 is 0 Å². The van der Waals surface area contributed by atoms with Crippen LogP contribution < -0.4 is 20.1 Å². The quantitative estimate of drug-likeness (QED) is 0.339. The highest BCUT2D eigenvalue weighted by Gasteiger charge is 2.39. The van der Waals surface area contributed by atoms with Crippen LogP contribution in [0.3, 0.4) is 0 Å². The predicted molar refractivity (Wildman–Crippen MR) is 167 cm³/mol. The van der Waals surface area contributed by atoms with Crippen molar-refractivity contribution in [3.8, 4) is 0 Å². The standard InChI is InChI=1S/C31H40N4O6S2/c1-3-4-13-43(40,41)35-31(37)32-28-24-10-6-8-19(24)16-27-22(11-12-25(27)28)21-15-20-14-18-7-5-9-23(18)29(26(20)17-21)33-30(36)34-42(2,38)39/h14,16,21-22H,3-13,15,17H2,1-2H3,(H2,32,35,37)(H2,33,34,36). The molecule has 232 valence electrons. The van der Waals surface area contributed by atoms with Crippen LogP contribution in [0.5, 0.6) is 0 Å². The number of carbonyl (C=O) groups is 2. The van der Waals surface area contributed by atoms with Gasteiger partial charge in [-0.3, -0.25) is 0 Å². The molecule has 43 heavy (non-hydrogen) atoms. The molecule has 4 amide bonds. The van der Waals surface area contributed by atoms with Gasteiger partial charge in [-0.1, -0.05) is 25.5 Å². The fraction of sp³-hybridized carbons (Fsp3) is 0.548. The summed E-state index contributed by atoms with van der Waals surface area (Å²) < 4.78 is 52.4. The number of unbranched alkanes of at least 4 members (excludes halogenated alkanes) is 1. The van der Waals surface area contributed by atoms with E-state index in [1.807, 2.05) is 11.6 Å². The van der Waals surface area contributed by atoms with Crippen molar-refractivity contribution in [3.63, 3.8) is 0 Å². The topological polar surface area (TPSA) is 151 Å². The van der Waals surface area contributed by atoms with Crippen molar-refractivity contribution < 1.29 is 26.4 Å². The monoisotopic (exact) mass is 628 g/mol. The van der Waals surface area contributed by atoms with E-state index < -0.39 is 32.1 Å². The number of benzene rings is 2. The first-order valence-corrected chi connectivity index (χ1v) is 18.9. The van der Waals surface area contributed by atoms with Gasteiger partial charge >= 0.3 is 12.1 Å². The first-order valence-electron chi connectivity index (χ1n) is 15.4. The Morgan fingerprint density at radius 2 is 1.40 bits per heavy atom. The molecular formula is C31H40N4O6S2. The fourth-order valence-electron chi connectivity index (χ4n) is 7.80. The Hall–Kier alpha value is -3.12. The molecule has 10 nitrogen and oxygen atoms in total. The zero-order chi connectivity index (χ0) is 30.5. The van der Waals surface area contributed by atoms with Crippen molar-refractivity contribution >= 4 is 43.5 Å². The Labute approximate surface area is 253 Å². The van der Waals surface area contributed by atoms with Crippen LogP contribution in [-0.4, -0.2) is 40.9 Å². The molecule has 4 aliphatic carbocycles. The van der Waals surface area contributed by atoms with Gasteiger partial charge in [-0.2, -0.15) is 0 Å². The van der Waals surface area contributed by atoms with E-state index in [4.69, 9.17) is 0 Å². The van der Waals surface area contributed by atoms with Crippen molar-refractivity contribution in [3.05, 3.63) is 56.6 Å². The van der Waals surface area contributed by atoms with E-state index in [9.17, 15) is 26.4 Å². The number of aryl methyl sites for hydroxylation is 2. The first-order chi connectivity index (χ1) is 20.4. The molecule has 0 radical (unpaired) electrons. The second-order valence-corrected chi connectivity index (χ2v) is 16.2. The molecular weight excluding hydrogens is 588 g/mol. The second-order valence-electron chi connectivity index (χ2n) is 12.6. The predicted octanol–water partition coefficient (Wildman–Crippen LogP) is 4.44. The van der Waals surface area contributed by atoms with Crippen molar-refractivity contribution in [2.45, 2.75) is 89.9 Å². The summed E-state index contributed by atoms with van der Waals surface area (Å²) in [5.41, 5.74) is 10.9. The van der Waals surface area contributed by atoms with Gasteiger partial charge in [-0.15, -0.1) is 0 Å². The van der Waals surface area contributed by atoms with Gasteiger partial charge in [0, 0.05) is 11.4 Å². The molecule has 12 heteroatoms. The van der Waals surface area contributed by atoms with Crippen LogP contribution in [0.4, 0.5) is 21.0 Å². The van der Waals surface area contributed by atoms with Gasteiger partial charge in [-0.05, 0) is 127 Å². The summed E-state index contributed by atoms with van der Waals surface area (Å²) in [6.07, 6.45) is 11.2. The van der Waals surface area contributed by atoms with Gasteiger partial charge in [0.1, 0.15) is 0 Å². The summed E-state index contributed by atoms with van der Waals surface area (Å²) >= 11 is 0. The molecule has 6 rings (SSSR count). The van der Waals surface area contributed by atoms with Crippen molar-refractivity contribution in [1.82, 2.24) is 9.44 Å². The van der Waals surface area contributed by atoms with Gasteiger partial charge in [0.15, 0.2) is 0 Å². The van der Waals surface area contributed by atoms with Crippen LogP contribution in [0, 0.1) is 5.92 Å². The Kier molecular flexibility index (Phi) is 7.95. The number of sulfonamides is 2. The number of amides is 4. The average Bonchev–Trinajstić information content (AvgIpc) is 3.71. The van der Waals surface area contributed by atoms with Gasteiger partial charge in [-0.25, -0.2) is 35.9 Å². The number of carbonyl (C=O) groups excluding carboxylic acids is 2. The zero-order valence-electron chi connectivity index (χ0n) is 24.8. The Bertz CT molecular complexity index is 1720. The van der Waals surface area contributed by atoms with Crippen LogP contribution in [0.15, 0.2) is 12.1 Å². The Morgan fingerprint density at radius 1 is 0.767 bits per heavy atom. The van der Waals surface area contributed by atoms with Crippen molar-refractivity contribution in [1.29, 1.82) is 0 Å². The lowest BCUT2D eigenvalue weighted by atomic mass is 9.84. The van der Waals surface area contributed by atoms with E-state index in [1.165, 1.54) is 22.3 Å². The minimum absolute atomic E-state index is 0.0809. The molecule has 0 heterocycles. The number of hydrogen-bond donors (Lipinski definition) is 4. The minimum atomic E-state index is -3.70. The maximum absolute atomic E-state index is 12.9. The number of nitrogens with one attached hydrogen (secondary N) is 4. The molecule has 0 aliphatic heterocycles. The van der Waals surface area contributed by atoms with Crippen LogP contribution in [0.1, 0.15) is 89.5 Å². The largest absolute Gasteiger partial charge is 0.332 e. The molecule has 0 saturated carbocycles. The molecule has 0 saturated heterocycles.